The summed E-state index contributed by atoms with van der Waals surface area (Å²) in [6.07, 6.45) is -0.151. The Morgan fingerprint density at radius 3 is 2.37 bits per heavy atom. The Morgan fingerprint density at radius 1 is 1.26 bits per heavy atom. The van der Waals surface area contributed by atoms with Crippen LogP contribution in [0.5, 0.6) is 0 Å². The molecule has 1 aromatic rings. The van der Waals surface area contributed by atoms with Crippen LogP contribution in [0.25, 0.3) is 0 Å². The number of hydrogen-bond acceptors (Lipinski definition) is 3. The van der Waals surface area contributed by atoms with E-state index in [4.69, 9.17) is 0 Å². The van der Waals surface area contributed by atoms with Crippen LogP contribution in [-0.2, 0) is 15.8 Å². The van der Waals surface area contributed by atoms with Gasteiger partial charge in [-0.25, -0.2) is 17.5 Å². The van der Waals surface area contributed by atoms with Crippen molar-refractivity contribution in [2.75, 3.05) is 6.54 Å². The Kier molecular flexibility index (Phi) is 5.90. The Labute approximate surface area is 113 Å². The normalized spacial score (nSPS) is 13.7. The van der Waals surface area contributed by atoms with Gasteiger partial charge in [-0.15, -0.1) is 0 Å². The summed E-state index contributed by atoms with van der Waals surface area (Å²) in [7, 11) is -3.51. The highest BCUT2D eigenvalue weighted by Crippen LogP contribution is 2.08. The average molecular weight is 289 g/mol. The molecule has 6 heteroatoms. The zero-order chi connectivity index (χ0) is 14.5. The molecule has 0 aliphatic carbocycles. The molecule has 0 amide bonds. The van der Waals surface area contributed by atoms with E-state index in [2.05, 4.69) is 4.72 Å². The van der Waals surface area contributed by atoms with Crippen LogP contribution in [0.4, 0.5) is 4.39 Å². The van der Waals surface area contributed by atoms with Crippen LogP contribution in [0.2, 0.25) is 0 Å². The quantitative estimate of drug-likeness (QED) is 0.802. The molecule has 1 unspecified atom stereocenters. The lowest BCUT2D eigenvalue weighted by Gasteiger charge is -2.14. The minimum Gasteiger partial charge on any atom is -0.392 e. The van der Waals surface area contributed by atoms with Crippen molar-refractivity contribution in [2.45, 2.75) is 32.1 Å². The summed E-state index contributed by atoms with van der Waals surface area (Å²) in [5.74, 6) is -0.320. The SMILES string of the molecule is CC(C)CC(O)CNS(=O)(=O)Cc1ccc(F)cc1. The number of aliphatic hydroxyl groups is 1. The second-order valence-electron chi connectivity index (χ2n) is 5.02. The highest BCUT2D eigenvalue weighted by Gasteiger charge is 2.14. The predicted molar refractivity (Wildman–Crippen MR) is 72.5 cm³/mol. The molecule has 0 radical (unpaired) electrons. The number of halogens is 1. The lowest BCUT2D eigenvalue weighted by atomic mass is 10.1. The summed E-state index contributed by atoms with van der Waals surface area (Å²) in [6, 6.07) is 5.30. The predicted octanol–water partition coefficient (Wildman–Crippen LogP) is 1.65. The van der Waals surface area contributed by atoms with E-state index in [1.54, 1.807) is 0 Å². The van der Waals surface area contributed by atoms with Crippen LogP contribution in [-0.4, -0.2) is 26.2 Å². The number of rotatable bonds is 7. The fourth-order valence-corrected chi connectivity index (χ4v) is 2.88. The van der Waals surface area contributed by atoms with Crippen molar-refractivity contribution in [2.24, 2.45) is 5.92 Å². The van der Waals surface area contributed by atoms with Crippen molar-refractivity contribution >= 4 is 10.0 Å². The maximum atomic E-state index is 12.7. The molecule has 108 valence electrons. The van der Waals surface area contributed by atoms with Crippen molar-refractivity contribution in [1.82, 2.24) is 4.72 Å². The van der Waals surface area contributed by atoms with E-state index in [1.807, 2.05) is 13.8 Å². The molecule has 0 saturated heterocycles. The van der Waals surface area contributed by atoms with E-state index < -0.39 is 21.9 Å². The topological polar surface area (TPSA) is 66.4 Å². The molecule has 1 atom stereocenters. The van der Waals surface area contributed by atoms with Gasteiger partial charge in [-0.05, 0) is 30.0 Å². The van der Waals surface area contributed by atoms with Crippen molar-refractivity contribution in [1.29, 1.82) is 0 Å². The summed E-state index contributed by atoms with van der Waals surface area (Å²) >= 11 is 0. The summed E-state index contributed by atoms with van der Waals surface area (Å²) in [6.45, 7) is 3.91. The lowest BCUT2D eigenvalue weighted by Crippen LogP contribution is -2.33. The third-order valence-corrected chi connectivity index (χ3v) is 3.87. The zero-order valence-electron chi connectivity index (χ0n) is 11.1. The Balaban J connectivity index is 2.50. The van der Waals surface area contributed by atoms with Gasteiger partial charge in [-0.1, -0.05) is 26.0 Å². The van der Waals surface area contributed by atoms with E-state index in [-0.39, 0.29) is 12.3 Å². The van der Waals surface area contributed by atoms with Crippen LogP contribution < -0.4 is 4.72 Å². The van der Waals surface area contributed by atoms with Crippen LogP contribution in [0.15, 0.2) is 24.3 Å². The van der Waals surface area contributed by atoms with Gasteiger partial charge in [0.25, 0.3) is 0 Å². The van der Waals surface area contributed by atoms with Crippen molar-refractivity contribution in [3.05, 3.63) is 35.6 Å². The van der Waals surface area contributed by atoms with Gasteiger partial charge < -0.3 is 5.11 Å². The first kappa shape index (κ1) is 16.1. The summed E-state index contributed by atoms with van der Waals surface area (Å²) in [5, 5.41) is 9.61. The second-order valence-corrected chi connectivity index (χ2v) is 6.82. The van der Waals surface area contributed by atoms with E-state index in [1.165, 1.54) is 24.3 Å². The van der Waals surface area contributed by atoms with E-state index in [0.29, 0.717) is 17.9 Å². The van der Waals surface area contributed by atoms with Gasteiger partial charge in [0.15, 0.2) is 0 Å². The first-order valence-electron chi connectivity index (χ1n) is 6.18. The van der Waals surface area contributed by atoms with E-state index in [0.717, 1.165) is 0 Å². The number of aliphatic hydroxyl groups excluding tert-OH is 1. The minimum absolute atomic E-state index is 0.00169. The molecule has 1 rings (SSSR count). The molecule has 0 bridgehead atoms. The molecule has 4 nitrogen and oxygen atoms in total. The monoisotopic (exact) mass is 289 g/mol. The minimum atomic E-state index is -3.51. The van der Waals surface area contributed by atoms with E-state index >= 15 is 0 Å². The molecular weight excluding hydrogens is 269 g/mol. The highest BCUT2D eigenvalue weighted by atomic mass is 32.2. The Hall–Kier alpha value is -0.980. The lowest BCUT2D eigenvalue weighted by molar-refractivity contribution is 0.152. The zero-order valence-corrected chi connectivity index (χ0v) is 12.0. The first-order chi connectivity index (χ1) is 8.78. The van der Waals surface area contributed by atoms with Gasteiger partial charge in [0.1, 0.15) is 5.82 Å². The maximum Gasteiger partial charge on any atom is 0.215 e. The number of benzene rings is 1. The molecule has 1 aromatic carbocycles. The largest absolute Gasteiger partial charge is 0.392 e. The Morgan fingerprint density at radius 2 is 1.84 bits per heavy atom. The second kappa shape index (κ2) is 6.98. The van der Waals surface area contributed by atoms with Crippen molar-refractivity contribution in [3.8, 4) is 0 Å². The average Bonchev–Trinajstić information content (AvgIpc) is 2.29. The smallest absolute Gasteiger partial charge is 0.215 e. The number of sulfonamides is 1. The molecule has 0 aliphatic rings. The summed E-state index contributed by atoms with van der Waals surface area (Å²) in [5.41, 5.74) is 0.507. The molecular formula is C13H20FNO3S. The number of nitrogens with one attached hydrogen (secondary N) is 1. The standard InChI is InChI=1S/C13H20FNO3S/c1-10(2)7-13(16)8-15-19(17,18)9-11-3-5-12(14)6-4-11/h3-6,10,13,15-16H,7-9H2,1-2H3. The summed E-state index contributed by atoms with van der Waals surface area (Å²) < 4.78 is 38.6. The van der Waals surface area contributed by atoms with Gasteiger partial charge in [0, 0.05) is 6.54 Å². The molecule has 0 heterocycles. The molecule has 0 fully saturated rings. The van der Waals surface area contributed by atoms with Crippen LogP contribution in [0, 0.1) is 11.7 Å². The third kappa shape index (κ3) is 6.66. The fraction of sp³-hybridized carbons (Fsp3) is 0.538. The van der Waals surface area contributed by atoms with Gasteiger partial charge in [-0.3, -0.25) is 0 Å². The third-order valence-electron chi connectivity index (χ3n) is 2.55. The van der Waals surface area contributed by atoms with Crippen LogP contribution in [0.3, 0.4) is 0 Å². The van der Waals surface area contributed by atoms with Crippen molar-refractivity contribution in [3.63, 3.8) is 0 Å². The molecule has 0 aliphatic heterocycles. The first-order valence-corrected chi connectivity index (χ1v) is 7.83. The molecule has 0 aromatic heterocycles. The van der Waals surface area contributed by atoms with E-state index in [9.17, 15) is 17.9 Å². The van der Waals surface area contributed by atoms with Gasteiger partial charge in [-0.2, -0.15) is 0 Å². The Bertz CT molecular complexity index is 485. The van der Waals surface area contributed by atoms with Gasteiger partial charge in [0.2, 0.25) is 10.0 Å². The molecule has 19 heavy (non-hydrogen) atoms. The fourth-order valence-electron chi connectivity index (χ4n) is 1.70. The van der Waals surface area contributed by atoms with Crippen LogP contribution >= 0.6 is 0 Å². The maximum absolute atomic E-state index is 12.7. The van der Waals surface area contributed by atoms with Gasteiger partial charge >= 0.3 is 0 Å². The summed E-state index contributed by atoms with van der Waals surface area (Å²) in [4.78, 5) is 0. The van der Waals surface area contributed by atoms with Crippen molar-refractivity contribution < 1.29 is 17.9 Å². The molecule has 0 spiro atoms. The van der Waals surface area contributed by atoms with Gasteiger partial charge in [0.05, 0.1) is 11.9 Å². The molecule has 2 N–H and O–H groups in total. The van der Waals surface area contributed by atoms with Crippen LogP contribution in [0.1, 0.15) is 25.8 Å². The molecule has 0 saturated carbocycles. The number of hydrogen-bond donors (Lipinski definition) is 2. The highest BCUT2D eigenvalue weighted by molar-refractivity contribution is 7.88.